The lowest BCUT2D eigenvalue weighted by molar-refractivity contribution is 0.340. The molecule has 0 atom stereocenters. The Labute approximate surface area is 179 Å². The molecule has 0 aromatic rings. The molecule has 0 unspecified atom stereocenters. The van der Waals surface area contributed by atoms with Crippen molar-refractivity contribution in [3.05, 3.63) is 0 Å². The maximum Gasteiger partial charge on any atom is 0.0125 e. The number of rotatable bonds is 22. The number of unbranched alkanes of at least 4 members (excludes halogenated alkanes) is 15. The average Bonchev–Trinajstić information content (AvgIpc) is 2.64. The van der Waals surface area contributed by atoms with Gasteiger partial charge < -0.3 is 10.2 Å². The Morgan fingerprint density at radius 2 is 1.00 bits per heavy atom. The van der Waals surface area contributed by atoms with Crippen LogP contribution in [0, 0.1) is 0 Å². The highest BCUT2D eigenvalue weighted by Crippen LogP contribution is 2.17. The normalized spacial score (nSPS) is 12.2. The molecular weight excluding hydrogens is 340 g/mol. The molecule has 0 saturated heterocycles. The molecule has 0 aromatic carbocycles. The second-order valence-electron chi connectivity index (χ2n) is 10.0. The van der Waals surface area contributed by atoms with Crippen LogP contribution in [0.3, 0.4) is 0 Å². The van der Waals surface area contributed by atoms with Crippen LogP contribution in [-0.4, -0.2) is 37.6 Å². The Morgan fingerprint density at radius 3 is 1.50 bits per heavy atom. The number of hydrogen-bond acceptors (Lipinski definition) is 2. The molecule has 0 fully saturated rings. The monoisotopic (exact) mass is 396 g/mol. The second kappa shape index (κ2) is 20.2. The number of nitrogens with zero attached hydrogens (tertiary/aromatic N) is 1. The molecule has 0 spiro atoms. The summed E-state index contributed by atoms with van der Waals surface area (Å²) < 4.78 is 0. The van der Waals surface area contributed by atoms with Gasteiger partial charge in [-0.25, -0.2) is 0 Å². The SMILES string of the molecule is CCCCCCCCCCCCCCCC(C)(C)NCCCCCCN(C)C. The summed E-state index contributed by atoms with van der Waals surface area (Å²) in [4.78, 5) is 2.29. The molecule has 0 aliphatic carbocycles. The molecule has 0 aliphatic heterocycles. The molecule has 0 amide bonds. The standard InChI is InChI=1S/C26H56N2/c1-6-7-8-9-10-11-12-13-14-15-16-17-20-23-26(2,3)27-24-21-18-19-22-25-28(4)5/h27H,6-25H2,1-5H3. The summed E-state index contributed by atoms with van der Waals surface area (Å²) in [6.07, 6.45) is 25.5. The third-order valence-corrected chi connectivity index (χ3v) is 6.04. The van der Waals surface area contributed by atoms with Crippen molar-refractivity contribution in [2.24, 2.45) is 0 Å². The van der Waals surface area contributed by atoms with Gasteiger partial charge in [-0.05, 0) is 60.3 Å². The molecule has 2 heteroatoms. The van der Waals surface area contributed by atoms with E-state index in [0.717, 1.165) is 0 Å². The summed E-state index contributed by atoms with van der Waals surface area (Å²) in [7, 11) is 4.33. The van der Waals surface area contributed by atoms with Gasteiger partial charge in [-0.1, -0.05) is 103 Å². The molecule has 0 aliphatic rings. The Morgan fingerprint density at radius 1 is 0.571 bits per heavy atom. The third kappa shape index (κ3) is 22.2. The van der Waals surface area contributed by atoms with Gasteiger partial charge in [0.25, 0.3) is 0 Å². The predicted octanol–water partition coefficient (Wildman–Crippen LogP) is 7.96. The summed E-state index contributed by atoms with van der Waals surface area (Å²) in [6.45, 7) is 9.50. The molecule has 0 heterocycles. The lowest BCUT2D eigenvalue weighted by atomic mass is 9.95. The minimum absolute atomic E-state index is 0.321. The first kappa shape index (κ1) is 27.9. The average molecular weight is 397 g/mol. The zero-order chi connectivity index (χ0) is 20.9. The minimum atomic E-state index is 0.321. The summed E-state index contributed by atoms with van der Waals surface area (Å²) >= 11 is 0. The first-order valence-electron chi connectivity index (χ1n) is 12.9. The van der Waals surface area contributed by atoms with E-state index in [2.05, 4.69) is 45.1 Å². The van der Waals surface area contributed by atoms with Crippen LogP contribution in [0.5, 0.6) is 0 Å². The van der Waals surface area contributed by atoms with Crippen molar-refractivity contribution in [2.75, 3.05) is 27.2 Å². The topological polar surface area (TPSA) is 15.3 Å². The predicted molar refractivity (Wildman–Crippen MR) is 129 cm³/mol. The maximum absolute atomic E-state index is 3.79. The summed E-state index contributed by atoms with van der Waals surface area (Å²) in [6, 6.07) is 0. The number of hydrogen-bond donors (Lipinski definition) is 1. The van der Waals surface area contributed by atoms with Crippen LogP contribution >= 0.6 is 0 Å². The number of nitrogens with one attached hydrogen (secondary N) is 1. The fourth-order valence-electron chi connectivity index (χ4n) is 4.01. The quantitative estimate of drug-likeness (QED) is 0.187. The van der Waals surface area contributed by atoms with E-state index in [0.29, 0.717) is 5.54 Å². The van der Waals surface area contributed by atoms with Gasteiger partial charge in [0.2, 0.25) is 0 Å². The van der Waals surface area contributed by atoms with Crippen LogP contribution in [-0.2, 0) is 0 Å². The van der Waals surface area contributed by atoms with Crippen LogP contribution in [0.25, 0.3) is 0 Å². The van der Waals surface area contributed by atoms with E-state index in [1.165, 1.54) is 129 Å². The van der Waals surface area contributed by atoms with E-state index in [-0.39, 0.29) is 0 Å². The largest absolute Gasteiger partial charge is 0.312 e. The van der Waals surface area contributed by atoms with E-state index < -0.39 is 0 Å². The highest BCUT2D eigenvalue weighted by atomic mass is 15.0. The van der Waals surface area contributed by atoms with Gasteiger partial charge in [-0.3, -0.25) is 0 Å². The Kier molecular flexibility index (Phi) is 20.1. The van der Waals surface area contributed by atoms with E-state index >= 15 is 0 Å². The van der Waals surface area contributed by atoms with Crippen LogP contribution < -0.4 is 5.32 Å². The van der Waals surface area contributed by atoms with Gasteiger partial charge in [0.15, 0.2) is 0 Å². The highest BCUT2D eigenvalue weighted by Gasteiger charge is 2.15. The van der Waals surface area contributed by atoms with Gasteiger partial charge in [0.05, 0.1) is 0 Å². The van der Waals surface area contributed by atoms with Gasteiger partial charge in [-0.2, -0.15) is 0 Å². The fourth-order valence-corrected chi connectivity index (χ4v) is 4.01. The van der Waals surface area contributed by atoms with Crippen molar-refractivity contribution >= 4 is 0 Å². The summed E-state index contributed by atoms with van der Waals surface area (Å²) in [5, 5.41) is 3.79. The van der Waals surface area contributed by atoms with Crippen molar-refractivity contribution < 1.29 is 0 Å². The van der Waals surface area contributed by atoms with Gasteiger partial charge in [-0.15, -0.1) is 0 Å². The summed E-state index contributed by atoms with van der Waals surface area (Å²) in [5.74, 6) is 0. The van der Waals surface area contributed by atoms with Crippen molar-refractivity contribution in [3.63, 3.8) is 0 Å². The van der Waals surface area contributed by atoms with E-state index in [4.69, 9.17) is 0 Å². The van der Waals surface area contributed by atoms with Crippen LogP contribution in [0.15, 0.2) is 0 Å². The Balaban J connectivity index is 3.31. The molecule has 170 valence electrons. The van der Waals surface area contributed by atoms with E-state index in [1.807, 2.05) is 0 Å². The van der Waals surface area contributed by atoms with Crippen LogP contribution in [0.4, 0.5) is 0 Å². The fraction of sp³-hybridized carbons (Fsp3) is 1.00. The molecule has 28 heavy (non-hydrogen) atoms. The van der Waals surface area contributed by atoms with Crippen molar-refractivity contribution in [1.82, 2.24) is 10.2 Å². The van der Waals surface area contributed by atoms with Gasteiger partial charge in [0, 0.05) is 5.54 Å². The van der Waals surface area contributed by atoms with Crippen molar-refractivity contribution in [1.29, 1.82) is 0 Å². The Hall–Kier alpha value is -0.0800. The minimum Gasteiger partial charge on any atom is -0.312 e. The highest BCUT2D eigenvalue weighted by molar-refractivity contribution is 4.77. The first-order valence-corrected chi connectivity index (χ1v) is 12.9. The molecule has 2 nitrogen and oxygen atoms in total. The van der Waals surface area contributed by atoms with Gasteiger partial charge in [0.1, 0.15) is 0 Å². The Bertz CT molecular complexity index is 299. The molecule has 1 N–H and O–H groups in total. The molecule has 0 radical (unpaired) electrons. The molecule has 0 saturated carbocycles. The van der Waals surface area contributed by atoms with Gasteiger partial charge >= 0.3 is 0 Å². The maximum atomic E-state index is 3.79. The van der Waals surface area contributed by atoms with Crippen LogP contribution in [0.1, 0.15) is 136 Å². The molecular formula is C26H56N2. The molecule has 0 aromatic heterocycles. The lowest BCUT2D eigenvalue weighted by Gasteiger charge is -2.26. The van der Waals surface area contributed by atoms with Crippen molar-refractivity contribution in [3.8, 4) is 0 Å². The summed E-state index contributed by atoms with van der Waals surface area (Å²) in [5.41, 5.74) is 0.321. The van der Waals surface area contributed by atoms with E-state index in [1.54, 1.807) is 0 Å². The molecule has 0 bridgehead atoms. The third-order valence-electron chi connectivity index (χ3n) is 6.04. The smallest absolute Gasteiger partial charge is 0.0125 e. The van der Waals surface area contributed by atoms with Crippen molar-refractivity contribution in [2.45, 2.75) is 142 Å². The zero-order valence-corrected chi connectivity index (χ0v) is 20.6. The second-order valence-corrected chi connectivity index (χ2v) is 10.0. The lowest BCUT2D eigenvalue weighted by Crippen LogP contribution is -2.39. The zero-order valence-electron chi connectivity index (χ0n) is 20.6. The molecule has 0 rings (SSSR count). The first-order chi connectivity index (χ1) is 13.5. The van der Waals surface area contributed by atoms with E-state index in [9.17, 15) is 0 Å². The van der Waals surface area contributed by atoms with Crippen LogP contribution in [0.2, 0.25) is 0 Å².